The first-order chi connectivity index (χ1) is 9.48. The molecule has 1 fully saturated rings. The Morgan fingerprint density at radius 2 is 1.65 bits per heavy atom. The highest BCUT2D eigenvalue weighted by molar-refractivity contribution is 5.99. The van der Waals surface area contributed by atoms with Crippen molar-refractivity contribution in [3.8, 4) is 0 Å². The van der Waals surface area contributed by atoms with Crippen molar-refractivity contribution >= 4 is 11.5 Å². The van der Waals surface area contributed by atoms with Crippen LogP contribution in [0.5, 0.6) is 0 Å². The van der Waals surface area contributed by atoms with Gasteiger partial charge in [0.15, 0.2) is 5.78 Å². The second-order valence-electron chi connectivity index (χ2n) is 6.56. The van der Waals surface area contributed by atoms with Crippen LogP contribution in [0.3, 0.4) is 0 Å². The number of hydrogen-bond acceptors (Lipinski definition) is 2. The van der Waals surface area contributed by atoms with E-state index in [1.54, 1.807) is 0 Å². The largest absolute Gasteiger partial charge is 0.371 e. The smallest absolute Gasteiger partial charge is 0.163 e. The molecule has 20 heavy (non-hydrogen) atoms. The van der Waals surface area contributed by atoms with Gasteiger partial charge in [0.05, 0.1) is 0 Å². The normalized spacial score (nSPS) is 17.1. The fraction of sp³-hybridized carbons (Fsp3) is 0.500. The van der Waals surface area contributed by atoms with E-state index < -0.39 is 0 Å². The monoisotopic (exact) mass is 271 g/mol. The Labute approximate surface area is 122 Å². The van der Waals surface area contributed by atoms with Crippen LogP contribution in [-0.2, 0) is 4.79 Å². The molecule has 0 N–H and O–H groups in total. The lowest BCUT2D eigenvalue weighted by Gasteiger charge is -2.31. The lowest BCUT2D eigenvalue weighted by atomic mass is 9.89. The third-order valence-electron chi connectivity index (χ3n) is 3.77. The molecule has 1 aliphatic heterocycles. The zero-order valence-corrected chi connectivity index (χ0v) is 12.9. The van der Waals surface area contributed by atoms with Crippen molar-refractivity contribution in [3.63, 3.8) is 0 Å². The molecule has 0 saturated carbocycles. The Morgan fingerprint density at radius 1 is 1.05 bits per heavy atom. The van der Waals surface area contributed by atoms with Crippen molar-refractivity contribution in [3.05, 3.63) is 42.0 Å². The molecule has 1 aliphatic rings. The SMILES string of the molecule is CC(C)(C)C(=O)C=C(c1ccccc1)N1CCCCC1. The zero-order chi connectivity index (χ0) is 14.6. The number of piperidine rings is 1. The Kier molecular flexibility index (Phi) is 4.64. The van der Waals surface area contributed by atoms with Gasteiger partial charge in [-0.05, 0) is 24.8 Å². The molecule has 0 amide bonds. The minimum absolute atomic E-state index is 0.196. The van der Waals surface area contributed by atoms with E-state index >= 15 is 0 Å². The Bertz CT molecular complexity index is 476. The van der Waals surface area contributed by atoms with Gasteiger partial charge in [-0.3, -0.25) is 4.79 Å². The molecule has 1 aromatic carbocycles. The number of benzene rings is 1. The van der Waals surface area contributed by atoms with Gasteiger partial charge >= 0.3 is 0 Å². The van der Waals surface area contributed by atoms with E-state index in [0.29, 0.717) is 0 Å². The highest BCUT2D eigenvalue weighted by atomic mass is 16.1. The predicted molar refractivity (Wildman–Crippen MR) is 84.3 cm³/mol. The van der Waals surface area contributed by atoms with E-state index in [9.17, 15) is 4.79 Å². The number of rotatable bonds is 3. The second kappa shape index (κ2) is 6.25. The molecule has 0 unspecified atom stereocenters. The summed E-state index contributed by atoms with van der Waals surface area (Å²) in [4.78, 5) is 14.8. The summed E-state index contributed by atoms with van der Waals surface area (Å²) in [5, 5.41) is 0. The molecule has 0 aromatic heterocycles. The maximum absolute atomic E-state index is 12.4. The van der Waals surface area contributed by atoms with Crippen LogP contribution >= 0.6 is 0 Å². The van der Waals surface area contributed by atoms with Crippen molar-refractivity contribution in [1.29, 1.82) is 0 Å². The zero-order valence-electron chi connectivity index (χ0n) is 12.9. The number of ketones is 1. The summed E-state index contributed by atoms with van der Waals surface area (Å²) in [6, 6.07) is 10.3. The highest BCUT2D eigenvalue weighted by Gasteiger charge is 2.22. The van der Waals surface area contributed by atoms with E-state index in [-0.39, 0.29) is 11.2 Å². The molecule has 1 aromatic rings. The second-order valence-corrected chi connectivity index (χ2v) is 6.56. The van der Waals surface area contributed by atoms with Crippen LogP contribution in [0.4, 0.5) is 0 Å². The minimum Gasteiger partial charge on any atom is -0.371 e. The number of likely N-dealkylation sites (tertiary alicyclic amines) is 1. The Morgan fingerprint density at radius 3 is 2.20 bits per heavy atom. The Hall–Kier alpha value is -1.57. The van der Waals surface area contributed by atoms with Crippen LogP contribution in [0.1, 0.15) is 45.6 Å². The van der Waals surface area contributed by atoms with E-state index in [0.717, 1.165) is 24.4 Å². The molecule has 2 nitrogen and oxygen atoms in total. The van der Waals surface area contributed by atoms with E-state index in [1.165, 1.54) is 19.3 Å². The maximum atomic E-state index is 12.4. The van der Waals surface area contributed by atoms with Crippen LogP contribution < -0.4 is 0 Å². The molecule has 0 bridgehead atoms. The molecule has 2 heteroatoms. The summed E-state index contributed by atoms with van der Waals surface area (Å²) in [7, 11) is 0. The fourth-order valence-corrected chi connectivity index (χ4v) is 2.44. The standard InChI is InChI=1S/C18H25NO/c1-18(2,3)17(20)14-16(15-10-6-4-7-11-15)19-12-8-5-9-13-19/h4,6-7,10-11,14H,5,8-9,12-13H2,1-3H3. The van der Waals surface area contributed by atoms with Gasteiger partial charge in [-0.1, -0.05) is 51.1 Å². The molecular weight excluding hydrogens is 246 g/mol. The molecule has 2 rings (SSSR count). The first-order valence-corrected chi connectivity index (χ1v) is 7.55. The van der Waals surface area contributed by atoms with Gasteiger partial charge in [0, 0.05) is 30.3 Å². The molecule has 0 atom stereocenters. The molecule has 0 radical (unpaired) electrons. The lowest BCUT2D eigenvalue weighted by Crippen LogP contribution is -2.29. The quantitative estimate of drug-likeness (QED) is 0.770. The van der Waals surface area contributed by atoms with Crippen molar-refractivity contribution in [1.82, 2.24) is 4.90 Å². The molecule has 0 aliphatic carbocycles. The Balaban J connectivity index is 2.34. The van der Waals surface area contributed by atoms with Crippen LogP contribution in [0, 0.1) is 5.41 Å². The summed E-state index contributed by atoms with van der Waals surface area (Å²) >= 11 is 0. The number of allylic oxidation sites excluding steroid dienone is 1. The van der Waals surface area contributed by atoms with Crippen LogP contribution in [0.25, 0.3) is 5.70 Å². The summed E-state index contributed by atoms with van der Waals surface area (Å²) in [6.45, 7) is 8.04. The van der Waals surface area contributed by atoms with Gasteiger partial charge in [-0.15, -0.1) is 0 Å². The average Bonchev–Trinajstić information content (AvgIpc) is 2.45. The van der Waals surface area contributed by atoms with Crippen LogP contribution in [-0.4, -0.2) is 23.8 Å². The van der Waals surface area contributed by atoms with Crippen molar-refractivity contribution < 1.29 is 4.79 Å². The van der Waals surface area contributed by atoms with Gasteiger partial charge in [0.1, 0.15) is 0 Å². The van der Waals surface area contributed by atoms with Gasteiger partial charge in [-0.2, -0.15) is 0 Å². The maximum Gasteiger partial charge on any atom is 0.163 e. The third kappa shape index (κ3) is 3.72. The van der Waals surface area contributed by atoms with Crippen LogP contribution in [0.15, 0.2) is 36.4 Å². The van der Waals surface area contributed by atoms with Gasteiger partial charge in [0.25, 0.3) is 0 Å². The summed E-state index contributed by atoms with van der Waals surface area (Å²) in [5.74, 6) is 0.196. The summed E-state index contributed by atoms with van der Waals surface area (Å²) < 4.78 is 0. The molecule has 1 heterocycles. The third-order valence-corrected chi connectivity index (χ3v) is 3.77. The fourth-order valence-electron chi connectivity index (χ4n) is 2.44. The summed E-state index contributed by atoms with van der Waals surface area (Å²) in [6.07, 6.45) is 5.58. The average molecular weight is 271 g/mol. The van der Waals surface area contributed by atoms with Crippen molar-refractivity contribution in [2.75, 3.05) is 13.1 Å². The number of carbonyl (C=O) groups is 1. The van der Waals surface area contributed by atoms with Gasteiger partial charge in [-0.25, -0.2) is 0 Å². The molecule has 108 valence electrons. The van der Waals surface area contributed by atoms with Crippen molar-refractivity contribution in [2.45, 2.75) is 40.0 Å². The number of nitrogens with zero attached hydrogens (tertiary/aromatic N) is 1. The summed E-state index contributed by atoms with van der Waals surface area (Å²) in [5.41, 5.74) is 1.91. The van der Waals surface area contributed by atoms with E-state index in [4.69, 9.17) is 0 Å². The van der Waals surface area contributed by atoms with Gasteiger partial charge < -0.3 is 4.90 Å². The van der Waals surface area contributed by atoms with Crippen molar-refractivity contribution in [2.24, 2.45) is 5.41 Å². The molecular formula is C18H25NO. The topological polar surface area (TPSA) is 20.3 Å². The van der Waals surface area contributed by atoms with Crippen LogP contribution in [0.2, 0.25) is 0 Å². The highest BCUT2D eigenvalue weighted by Crippen LogP contribution is 2.26. The first-order valence-electron chi connectivity index (χ1n) is 7.55. The number of hydrogen-bond donors (Lipinski definition) is 0. The minimum atomic E-state index is -0.324. The first kappa shape index (κ1) is 14.8. The molecule has 1 saturated heterocycles. The van der Waals surface area contributed by atoms with E-state index in [1.807, 2.05) is 45.0 Å². The lowest BCUT2D eigenvalue weighted by molar-refractivity contribution is -0.121. The van der Waals surface area contributed by atoms with E-state index in [2.05, 4.69) is 17.0 Å². The number of carbonyl (C=O) groups excluding carboxylic acids is 1. The predicted octanol–water partition coefficient (Wildman–Crippen LogP) is 4.13. The van der Waals surface area contributed by atoms with Gasteiger partial charge in [0.2, 0.25) is 0 Å². The molecule has 0 spiro atoms.